The van der Waals surface area contributed by atoms with Crippen molar-refractivity contribution in [1.29, 1.82) is 0 Å². The van der Waals surface area contributed by atoms with Crippen LogP contribution >= 0.6 is 11.3 Å². The molecule has 3 N–H and O–H groups in total. The van der Waals surface area contributed by atoms with Gasteiger partial charge in [-0.25, -0.2) is 0 Å². The average Bonchev–Trinajstić information content (AvgIpc) is 2.79. The molecule has 92 valence electrons. The number of thiophene rings is 1. The summed E-state index contributed by atoms with van der Waals surface area (Å²) in [6.45, 7) is 4.63. The Morgan fingerprint density at radius 1 is 1.44 bits per heavy atom. The van der Waals surface area contributed by atoms with Gasteiger partial charge < -0.3 is 15.5 Å². The van der Waals surface area contributed by atoms with Crippen molar-refractivity contribution in [3.8, 4) is 0 Å². The quantitative estimate of drug-likeness (QED) is 0.676. The van der Waals surface area contributed by atoms with Crippen LogP contribution in [0.15, 0.2) is 17.5 Å². The maximum atomic E-state index is 9.16. The molecule has 0 fully saturated rings. The van der Waals surface area contributed by atoms with E-state index in [-0.39, 0.29) is 13.2 Å². The fourth-order valence-corrected chi connectivity index (χ4v) is 2.22. The minimum Gasteiger partial charge on any atom is -0.396 e. The van der Waals surface area contributed by atoms with Crippen molar-refractivity contribution in [3.63, 3.8) is 0 Å². The molecule has 1 heterocycles. The molecule has 0 radical (unpaired) electrons. The predicted octanol–water partition coefficient (Wildman–Crippen LogP) is 1.26. The van der Waals surface area contributed by atoms with Gasteiger partial charge in [0, 0.05) is 22.9 Å². The zero-order chi connectivity index (χ0) is 12.0. The van der Waals surface area contributed by atoms with Crippen molar-refractivity contribution in [2.24, 2.45) is 5.41 Å². The first-order chi connectivity index (χ1) is 7.59. The highest BCUT2D eigenvalue weighted by Crippen LogP contribution is 2.14. The Bertz CT molecular complexity index is 283. The summed E-state index contributed by atoms with van der Waals surface area (Å²) in [5.74, 6) is 0. The van der Waals surface area contributed by atoms with E-state index in [0.717, 1.165) is 6.42 Å². The topological polar surface area (TPSA) is 52.5 Å². The Hall–Kier alpha value is -0.420. The number of hydrogen-bond donors (Lipinski definition) is 3. The van der Waals surface area contributed by atoms with Crippen LogP contribution in [0.5, 0.6) is 0 Å². The molecule has 0 spiro atoms. The van der Waals surface area contributed by atoms with Crippen molar-refractivity contribution in [3.05, 3.63) is 22.4 Å². The van der Waals surface area contributed by atoms with Crippen molar-refractivity contribution >= 4 is 11.3 Å². The van der Waals surface area contributed by atoms with E-state index in [1.165, 1.54) is 4.88 Å². The number of rotatable bonds is 7. The van der Waals surface area contributed by atoms with Crippen LogP contribution < -0.4 is 5.32 Å². The lowest BCUT2D eigenvalue weighted by molar-refractivity contribution is 0.0678. The van der Waals surface area contributed by atoms with Crippen LogP contribution in [0, 0.1) is 5.41 Å². The van der Waals surface area contributed by atoms with Gasteiger partial charge in [-0.1, -0.05) is 13.0 Å². The Morgan fingerprint density at radius 2 is 2.12 bits per heavy atom. The molecule has 0 aromatic carbocycles. The Labute approximate surface area is 101 Å². The normalized spacial score (nSPS) is 14.0. The van der Waals surface area contributed by atoms with Crippen LogP contribution in [0.3, 0.4) is 0 Å². The van der Waals surface area contributed by atoms with Crippen LogP contribution in [-0.2, 0) is 6.42 Å². The lowest BCUT2D eigenvalue weighted by Gasteiger charge is -2.27. The summed E-state index contributed by atoms with van der Waals surface area (Å²) >= 11 is 1.76. The first-order valence-corrected chi connectivity index (χ1v) is 6.45. The number of aliphatic hydroxyl groups excluding tert-OH is 2. The third-order valence-corrected chi connectivity index (χ3v) is 3.63. The maximum absolute atomic E-state index is 9.16. The Balaban J connectivity index is 2.32. The van der Waals surface area contributed by atoms with Gasteiger partial charge in [-0.3, -0.25) is 0 Å². The van der Waals surface area contributed by atoms with Gasteiger partial charge in [0.1, 0.15) is 0 Å². The van der Waals surface area contributed by atoms with E-state index in [4.69, 9.17) is 10.2 Å². The van der Waals surface area contributed by atoms with Gasteiger partial charge in [0.15, 0.2) is 0 Å². The molecule has 0 aliphatic heterocycles. The van der Waals surface area contributed by atoms with Crippen LogP contribution in [0.2, 0.25) is 0 Å². The molecular weight excluding hydrogens is 222 g/mol. The summed E-state index contributed by atoms with van der Waals surface area (Å²) < 4.78 is 0. The fraction of sp³-hybridized carbons (Fsp3) is 0.667. The van der Waals surface area contributed by atoms with E-state index >= 15 is 0 Å². The minimum absolute atomic E-state index is 0.00220. The zero-order valence-corrected chi connectivity index (χ0v) is 10.8. The highest BCUT2D eigenvalue weighted by Gasteiger charge is 2.22. The first-order valence-electron chi connectivity index (χ1n) is 5.57. The fourth-order valence-electron chi connectivity index (χ4n) is 1.39. The molecule has 16 heavy (non-hydrogen) atoms. The molecule has 0 amide bonds. The van der Waals surface area contributed by atoms with Gasteiger partial charge in [-0.2, -0.15) is 0 Å². The third-order valence-electron chi connectivity index (χ3n) is 2.73. The largest absolute Gasteiger partial charge is 0.396 e. The highest BCUT2D eigenvalue weighted by molar-refractivity contribution is 7.09. The van der Waals surface area contributed by atoms with Gasteiger partial charge in [0.2, 0.25) is 0 Å². The van der Waals surface area contributed by atoms with E-state index in [0.29, 0.717) is 12.6 Å². The molecule has 4 heteroatoms. The van der Waals surface area contributed by atoms with Crippen LogP contribution in [0.4, 0.5) is 0 Å². The van der Waals surface area contributed by atoms with Crippen molar-refractivity contribution in [2.75, 3.05) is 19.8 Å². The molecule has 0 bridgehead atoms. The summed E-state index contributed by atoms with van der Waals surface area (Å²) in [5, 5.41) is 23.7. The lowest BCUT2D eigenvalue weighted by Crippen LogP contribution is -2.42. The predicted molar refractivity (Wildman–Crippen MR) is 67.8 cm³/mol. The number of nitrogens with one attached hydrogen (secondary N) is 1. The summed E-state index contributed by atoms with van der Waals surface area (Å²) in [6.07, 6.45) is 0.991. The molecule has 1 rings (SSSR count). The Kier molecular flexibility index (Phi) is 5.41. The maximum Gasteiger partial charge on any atom is 0.0518 e. The summed E-state index contributed by atoms with van der Waals surface area (Å²) in [6, 6.07) is 4.54. The monoisotopic (exact) mass is 243 g/mol. The first kappa shape index (κ1) is 13.6. The van der Waals surface area contributed by atoms with Crippen molar-refractivity contribution < 1.29 is 10.2 Å². The van der Waals surface area contributed by atoms with Gasteiger partial charge in [-0.15, -0.1) is 11.3 Å². The minimum atomic E-state index is -0.427. The Morgan fingerprint density at radius 3 is 2.62 bits per heavy atom. The lowest BCUT2D eigenvalue weighted by atomic mass is 9.92. The molecule has 1 unspecified atom stereocenters. The van der Waals surface area contributed by atoms with Gasteiger partial charge in [0.05, 0.1) is 13.2 Å². The second-order valence-electron chi connectivity index (χ2n) is 4.69. The van der Waals surface area contributed by atoms with E-state index in [9.17, 15) is 0 Å². The summed E-state index contributed by atoms with van der Waals surface area (Å²) in [7, 11) is 0. The molecule has 1 atom stereocenters. The smallest absolute Gasteiger partial charge is 0.0518 e. The molecule has 0 aliphatic carbocycles. The second kappa shape index (κ2) is 6.35. The van der Waals surface area contributed by atoms with Crippen LogP contribution in [0.1, 0.15) is 18.7 Å². The van der Waals surface area contributed by atoms with Gasteiger partial charge in [-0.05, 0) is 24.8 Å². The van der Waals surface area contributed by atoms with Crippen molar-refractivity contribution in [2.45, 2.75) is 26.3 Å². The SMILES string of the molecule is CC(Cc1cccs1)NCC(C)(CO)CO. The van der Waals surface area contributed by atoms with E-state index < -0.39 is 5.41 Å². The number of hydrogen-bond acceptors (Lipinski definition) is 4. The van der Waals surface area contributed by atoms with Crippen LogP contribution in [0.25, 0.3) is 0 Å². The van der Waals surface area contributed by atoms with Gasteiger partial charge >= 0.3 is 0 Å². The summed E-state index contributed by atoms with van der Waals surface area (Å²) in [4.78, 5) is 1.36. The number of aliphatic hydroxyl groups is 2. The van der Waals surface area contributed by atoms with E-state index in [1.807, 2.05) is 6.92 Å². The standard InChI is InChI=1S/C12H21NO2S/c1-10(6-11-4-3-5-16-11)13-7-12(2,8-14)9-15/h3-5,10,13-15H,6-9H2,1-2H3. The second-order valence-corrected chi connectivity index (χ2v) is 5.72. The highest BCUT2D eigenvalue weighted by atomic mass is 32.1. The van der Waals surface area contributed by atoms with E-state index in [1.54, 1.807) is 11.3 Å². The molecule has 0 aliphatic rings. The molecular formula is C12H21NO2S. The molecule has 1 aromatic heterocycles. The average molecular weight is 243 g/mol. The molecule has 1 aromatic rings. The molecule has 0 saturated heterocycles. The van der Waals surface area contributed by atoms with Crippen LogP contribution in [-0.4, -0.2) is 36.0 Å². The van der Waals surface area contributed by atoms with Gasteiger partial charge in [0.25, 0.3) is 0 Å². The molecule has 3 nitrogen and oxygen atoms in total. The molecule has 0 saturated carbocycles. The summed E-state index contributed by atoms with van der Waals surface area (Å²) in [5.41, 5.74) is -0.427. The zero-order valence-electron chi connectivity index (χ0n) is 9.94. The van der Waals surface area contributed by atoms with E-state index in [2.05, 4.69) is 29.8 Å². The van der Waals surface area contributed by atoms with Crippen molar-refractivity contribution in [1.82, 2.24) is 5.32 Å². The third kappa shape index (κ3) is 4.22.